The smallest absolute Gasteiger partial charge is 0.333 e. The van der Waals surface area contributed by atoms with E-state index in [1.54, 1.807) is 13.8 Å². The van der Waals surface area contributed by atoms with Crippen molar-refractivity contribution in [3.8, 4) is 0 Å². The lowest BCUT2D eigenvalue weighted by molar-refractivity contribution is -0.153. The number of aliphatic hydroxyl groups excluding tert-OH is 1. The second-order valence-electron chi connectivity index (χ2n) is 12.8. The van der Waals surface area contributed by atoms with E-state index in [9.17, 15) is 19.8 Å². The van der Waals surface area contributed by atoms with Gasteiger partial charge in [-0.15, -0.1) is 0 Å². The van der Waals surface area contributed by atoms with Crippen LogP contribution in [0, 0.1) is 34.0 Å². The van der Waals surface area contributed by atoms with Crippen LogP contribution in [0.1, 0.15) is 73.1 Å². The zero-order chi connectivity index (χ0) is 26.5. The van der Waals surface area contributed by atoms with Crippen LogP contribution in [-0.2, 0) is 14.4 Å². The van der Waals surface area contributed by atoms with Gasteiger partial charge in [-0.2, -0.15) is 0 Å². The molecule has 0 heterocycles. The molecule has 8 heteroatoms. The molecule has 8 nitrogen and oxygen atoms in total. The maximum atomic E-state index is 12.1. The average Bonchev–Trinajstić information content (AvgIpc) is 3.06. The topological polar surface area (TPSA) is 128 Å². The number of nitrogens with one attached hydrogen (secondary N) is 1. The summed E-state index contributed by atoms with van der Waals surface area (Å²) >= 11 is 0. The lowest BCUT2D eigenvalue weighted by Gasteiger charge is -2.58. The third kappa shape index (κ3) is 4.51. The van der Waals surface area contributed by atoms with E-state index in [2.05, 4.69) is 36.5 Å². The number of carboxylic acid groups (broad SMARTS) is 1. The standard InChI is InChI=1S/C28H42N2O6/c1-25(2,23(32)24(33)34)16-29-22(31)15-36-30-18-8-11-26(3)17(14-18)6-7-19-20(26)9-12-27(4)21(19)10-13-28(27,5)35/h8,11,14,19-21,23,32,35H,6-7,9-10,12-13,15-16H2,1-5H3,(H,29,31)(H,33,34)/b30-18-/t19-,20+,21+,23+,26+,27+,28+/m1/s1. The molecule has 0 aromatic carbocycles. The summed E-state index contributed by atoms with van der Waals surface area (Å²) in [5.74, 6) is -0.0187. The minimum absolute atomic E-state index is 0.000429. The molecular formula is C28H42N2O6. The highest BCUT2D eigenvalue weighted by Crippen LogP contribution is 2.66. The predicted octanol–water partition coefficient (Wildman–Crippen LogP) is 3.44. The maximum Gasteiger partial charge on any atom is 0.333 e. The van der Waals surface area contributed by atoms with Gasteiger partial charge in [0, 0.05) is 17.4 Å². The van der Waals surface area contributed by atoms with Gasteiger partial charge < -0.3 is 25.5 Å². The highest BCUT2D eigenvalue weighted by molar-refractivity contribution is 6.05. The Morgan fingerprint density at radius 1 is 1.19 bits per heavy atom. The number of aliphatic carboxylic acids is 1. The van der Waals surface area contributed by atoms with Crippen LogP contribution in [0.5, 0.6) is 0 Å². The van der Waals surface area contributed by atoms with Crippen LogP contribution in [0.4, 0.5) is 0 Å². The number of allylic oxidation sites excluding steroid dienone is 4. The summed E-state index contributed by atoms with van der Waals surface area (Å²) in [5.41, 5.74) is 0.434. The van der Waals surface area contributed by atoms with Crippen LogP contribution in [0.2, 0.25) is 0 Å². The first-order chi connectivity index (χ1) is 16.7. The van der Waals surface area contributed by atoms with E-state index in [0.29, 0.717) is 23.5 Å². The number of amides is 1. The molecule has 7 atom stereocenters. The number of carbonyl (C=O) groups excluding carboxylic acids is 1. The Balaban J connectivity index is 1.35. The Morgan fingerprint density at radius 3 is 2.58 bits per heavy atom. The molecule has 0 radical (unpaired) electrons. The monoisotopic (exact) mass is 502 g/mol. The number of rotatable bonds is 7. The molecule has 4 aliphatic rings. The fourth-order valence-electron chi connectivity index (χ4n) is 7.48. The highest BCUT2D eigenvalue weighted by Gasteiger charge is 2.62. The van der Waals surface area contributed by atoms with Gasteiger partial charge in [-0.3, -0.25) is 4.79 Å². The maximum absolute atomic E-state index is 12.1. The molecular weight excluding hydrogens is 460 g/mol. The predicted molar refractivity (Wildman–Crippen MR) is 136 cm³/mol. The molecule has 4 N–H and O–H groups in total. The number of fused-ring (bicyclic) bond motifs is 5. The molecule has 0 unspecified atom stereocenters. The van der Waals surface area contributed by atoms with Crippen LogP contribution in [-0.4, -0.2) is 57.8 Å². The zero-order valence-corrected chi connectivity index (χ0v) is 22.2. The molecule has 200 valence electrons. The second-order valence-corrected chi connectivity index (χ2v) is 12.8. The van der Waals surface area contributed by atoms with Gasteiger partial charge in [0.1, 0.15) is 5.71 Å². The van der Waals surface area contributed by atoms with Crippen LogP contribution in [0.15, 0.2) is 29.0 Å². The molecule has 0 bridgehead atoms. The highest BCUT2D eigenvalue weighted by atomic mass is 16.6. The quantitative estimate of drug-likeness (QED) is 0.395. The molecule has 0 saturated heterocycles. The molecule has 0 aliphatic heterocycles. The van der Waals surface area contributed by atoms with Crippen molar-refractivity contribution in [2.45, 2.75) is 84.8 Å². The minimum atomic E-state index is -1.58. The largest absolute Gasteiger partial charge is 0.479 e. The molecule has 3 saturated carbocycles. The molecule has 3 fully saturated rings. The molecule has 4 aliphatic carbocycles. The number of hydrogen-bond acceptors (Lipinski definition) is 6. The lowest BCUT2D eigenvalue weighted by Crippen LogP contribution is -2.53. The number of oxime groups is 1. The van der Waals surface area contributed by atoms with Crippen molar-refractivity contribution in [1.82, 2.24) is 5.32 Å². The van der Waals surface area contributed by atoms with E-state index >= 15 is 0 Å². The molecule has 0 spiro atoms. The first kappa shape index (κ1) is 26.9. The first-order valence-corrected chi connectivity index (χ1v) is 13.2. The number of nitrogens with zero attached hydrogens (tertiary/aromatic N) is 1. The molecule has 1 amide bonds. The van der Waals surface area contributed by atoms with E-state index in [4.69, 9.17) is 9.94 Å². The summed E-state index contributed by atoms with van der Waals surface area (Å²) in [6.45, 7) is 9.52. The van der Waals surface area contributed by atoms with Gasteiger partial charge in [-0.25, -0.2) is 4.79 Å². The Hall–Kier alpha value is -2.19. The van der Waals surface area contributed by atoms with E-state index < -0.39 is 29.0 Å². The van der Waals surface area contributed by atoms with Crippen molar-refractivity contribution in [2.24, 2.45) is 39.2 Å². The molecule has 36 heavy (non-hydrogen) atoms. The van der Waals surface area contributed by atoms with Gasteiger partial charge in [0.25, 0.3) is 5.91 Å². The lowest BCUT2D eigenvalue weighted by atomic mass is 9.47. The van der Waals surface area contributed by atoms with Crippen molar-refractivity contribution in [2.75, 3.05) is 13.2 Å². The summed E-state index contributed by atoms with van der Waals surface area (Å²) in [5, 5.41) is 36.6. The van der Waals surface area contributed by atoms with Gasteiger partial charge in [0.05, 0.1) is 5.60 Å². The van der Waals surface area contributed by atoms with Crippen molar-refractivity contribution in [3.05, 3.63) is 23.8 Å². The Morgan fingerprint density at radius 2 is 1.89 bits per heavy atom. The van der Waals surface area contributed by atoms with Crippen LogP contribution in [0.25, 0.3) is 0 Å². The van der Waals surface area contributed by atoms with E-state index in [1.165, 1.54) is 5.57 Å². The number of carbonyl (C=O) groups is 2. The third-order valence-electron chi connectivity index (χ3n) is 10.2. The number of hydrogen-bond donors (Lipinski definition) is 4. The van der Waals surface area contributed by atoms with Gasteiger partial charge in [-0.05, 0) is 80.8 Å². The van der Waals surface area contributed by atoms with E-state index in [1.807, 2.05) is 13.0 Å². The summed E-state index contributed by atoms with van der Waals surface area (Å²) in [7, 11) is 0. The fraction of sp³-hybridized carbons (Fsp3) is 0.750. The summed E-state index contributed by atoms with van der Waals surface area (Å²) in [4.78, 5) is 28.4. The number of carboxylic acids is 1. The number of aliphatic hydroxyl groups is 2. The van der Waals surface area contributed by atoms with E-state index in [0.717, 1.165) is 38.5 Å². The van der Waals surface area contributed by atoms with Crippen molar-refractivity contribution < 1.29 is 29.7 Å². The van der Waals surface area contributed by atoms with Crippen molar-refractivity contribution in [1.29, 1.82) is 0 Å². The van der Waals surface area contributed by atoms with Gasteiger partial charge >= 0.3 is 5.97 Å². The Labute approximate surface area is 213 Å². The normalized spacial score (nSPS) is 39.5. The van der Waals surface area contributed by atoms with Crippen LogP contribution >= 0.6 is 0 Å². The van der Waals surface area contributed by atoms with Crippen LogP contribution < -0.4 is 5.32 Å². The molecule has 0 aromatic rings. The summed E-state index contributed by atoms with van der Waals surface area (Å²) in [6, 6.07) is 0. The third-order valence-corrected chi connectivity index (χ3v) is 10.2. The van der Waals surface area contributed by atoms with Gasteiger partial charge in [-0.1, -0.05) is 44.5 Å². The summed E-state index contributed by atoms with van der Waals surface area (Å²) < 4.78 is 0. The second kappa shape index (κ2) is 9.28. The van der Waals surface area contributed by atoms with Crippen molar-refractivity contribution in [3.63, 3.8) is 0 Å². The summed E-state index contributed by atoms with van der Waals surface area (Å²) in [6.07, 6.45) is 11.1. The Bertz CT molecular complexity index is 998. The zero-order valence-electron chi connectivity index (χ0n) is 22.2. The molecule has 4 rings (SSSR count). The van der Waals surface area contributed by atoms with Gasteiger partial charge in [0.15, 0.2) is 12.7 Å². The minimum Gasteiger partial charge on any atom is -0.479 e. The fourth-order valence-corrected chi connectivity index (χ4v) is 7.48. The average molecular weight is 503 g/mol. The Kier molecular flexibility index (Phi) is 6.92. The SMILES string of the molecule is CC(C)(CNC(=O)CO/N=C1/C=C[C@@]2(C)C(=C1)CC[C@@H]1[C@@H]2CC[C@@]2(C)[C@H]1CC[C@]2(C)O)[C@@H](O)C(=O)O. The van der Waals surface area contributed by atoms with Crippen LogP contribution in [0.3, 0.4) is 0 Å². The van der Waals surface area contributed by atoms with Gasteiger partial charge in [0.2, 0.25) is 0 Å². The van der Waals surface area contributed by atoms with Crippen molar-refractivity contribution >= 4 is 17.6 Å². The molecule has 0 aromatic heterocycles. The van der Waals surface area contributed by atoms with E-state index in [-0.39, 0.29) is 24.0 Å². The first-order valence-electron chi connectivity index (χ1n) is 13.2.